The molecule has 13 heteroatoms. The molecule has 1 fully saturated rings. The number of carbonyl (C=O) groups excluding carboxylic acids is 1. The zero-order valence-electron chi connectivity index (χ0n) is 19.9. The SMILES string of the molecule is COC(=O)Cc1ccc(Nc2nc(N3CCC(c4ncc(Cl)cn4)CC3)nc3c2S(=O)(=O)CC3)cc1F. The number of anilines is 3. The van der Waals surface area contributed by atoms with Gasteiger partial charge in [-0.2, -0.15) is 4.98 Å². The highest BCUT2D eigenvalue weighted by Gasteiger charge is 2.34. The first kappa shape index (κ1) is 25.3. The van der Waals surface area contributed by atoms with Crippen molar-refractivity contribution >= 4 is 44.9 Å². The maximum atomic E-state index is 14.6. The number of methoxy groups -OCH3 is 1. The van der Waals surface area contributed by atoms with E-state index in [-0.39, 0.29) is 40.8 Å². The van der Waals surface area contributed by atoms with Crippen LogP contribution in [0.3, 0.4) is 0 Å². The van der Waals surface area contributed by atoms with E-state index in [1.165, 1.54) is 19.2 Å². The molecule has 0 bridgehead atoms. The Balaban J connectivity index is 1.39. The van der Waals surface area contributed by atoms with Gasteiger partial charge in [0.15, 0.2) is 15.7 Å². The van der Waals surface area contributed by atoms with E-state index in [0.29, 0.717) is 35.4 Å². The fraction of sp³-hybridized carbons (Fsp3) is 0.375. The Labute approximate surface area is 218 Å². The number of rotatable bonds is 6. The minimum atomic E-state index is -3.58. The first-order valence-corrected chi connectivity index (χ1v) is 13.7. The first-order chi connectivity index (χ1) is 17.7. The van der Waals surface area contributed by atoms with Gasteiger partial charge in [0.2, 0.25) is 5.95 Å². The predicted octanol–water partition coefficient (Wildman–Crippen LogP) is 3.23. The zero-order valence-corrected chi connectivity index (χ0v) is 21.5. The molecule has 0 spiro atoms. The van der Waals surface area contributed by atoms with Crippen LogP contribution in [0, 0.1) is 5.82 Å². The topological polar surface area (TPSA) is 127 Å². The molecule has 37 heavy (non-hydrogen) atoms. The molecule has 0 unspecified atom stereocenters. The summed E-state index contributed by atoms with van der Waals surface area (Å²) < 4.78 is 44.8. The van der Waals surface area contributed by atoms with Gasteiger partial charge in [-0.25, -0.2) is 27.8 Å². The summed E-state index contributed by atoms with van der Waals surface area (Å²) >= 11 is 5.90. The molecule has 5 rings (SSSR count). The monoisotopic (exact) mass is 546 g/mol. The van der Waals surface area contributed by atoms with E-state index in [1.54, 1.807) is 18.5 Å². The Morgan fingerprint density at radius 1 is 1.22 bits per heavy atom. The number of carbonyl (C=O) groups is 1. The van der Waals surface area contributed by atoms with Gasteiger partial charge in [0, 0.05) is 43.5 Å². The van der Waals surface area contributed by atoms with Crippen molar-refractivity contribution in [1.82, 2.24) is 19.9 Å². The van der Waals surface area contributed by atoms with Crippen LogP contribution in [0.1, 0.15) is 35.8 Å². The summed E-state index contributed by atoms with van der Waals surface area (Å²) in [4.78, 5) is 31.4. The summed E-state index contributed by atoms with van der Waals surface area (Å²) in [5.74, 6) is 0.207. The third-order valence-corrected chi connectivity index (χ3v) is 8.49. The number of hydrogen-bond donors (Lipinski definition) is 1. The van der Waals surface area contributed by atoms with Gasteiger partial charge in [-0.05, 0) is 30.5 Å². The van der Waals surface area contributed by atoms with Crippen LogP contribution >= 0.6 is 11.6 Å². The van der Waals surface area contributed by atoms with Gasteiger partial charge in [-0.15, -0.1) is 0 Å². The van der Waals surface area contributed by atoms with E-state index in [9.17, 15) is 17.6 Å². The molecule has 10 nitrogen and oxygen atoms in total. The van der Waals surface area contributed by atoms with Crippen molar-refractivity contribution in [3.05, 3.63) is 58.5 Å². The zero-order chi connectivity index (χ0) is 26.2. The average Bonchev–Trinajstić information content (AvgIpc) is 3.20. The summed E-state index contributed by atoms with van der Waals surface area (Å²) in [6, 6.07) is 4.22. The quantitative estimate of drug-likeness (QED) is 0.460. The number of halogens is 2. The third kappa shape index (κ3) is 5.35. The Hall–Kier alpha value is -3.38. The molecule has 4 heterocycles. The van der Waals surface area contributed by atoms with Crippen molar-refractivity contribution in [1.29, 1.82) is 0 Å². The fourth-order valence-corrected chi connectivity index (χ4v) is 6.20. The number of ether oxygens (including phenoxy) is 1. The van der Waals surface area contributed by atoms with Crippen molar-refractivity contribution in [3.63, 3.8) is 0 Å². The standard InChI is InChI=1S/C24H24ClFN6O4S/c1-36-20(33)10-15-2-3-17(11-18(15)26)29-23-21-19(6-9-37(21,34)35)30-24(31-23)32-7-4-14(5-8-32)22-27-12-16(25)13-28-22/h2-3,11-14H,4-10H2,1H3,(H,29,30,31). The van der Waals surface area contributed by atoms with Crippen LogP contribution in [0.2, 0.25) is 5.02 Å². The van der Waals surface area contributed by atoms with Crippen LogP contribution in [-0.4, -0.2) is 60.3 Å². The van der Waals surface area contributed by atoms with E-state index in [4.69, 9.17) is 11.6 Å². The van der Waals surface area contributed by atoms with E-state index in [2.05, 4.69) is 30.0 Å². The number of benzene rings is 1. The second kappa shape index (κ2) is 10.2. The Kier molecular flexibility index (Phi) is 6.95. The van der Waals surface area contributed by atoms with Crippen LogP contribution in [0.4, 0.5) is 21.8 Å². The van der Waals surface area contributed by atoms with Crippen molar-refractivity contribution in [2.24, 2.45) is 0 Å². The van der Waals surface area contributed by atoms with Gasteiger partial charge in [-0.1, -0.05) is 17.7 Å². The smallest absolute Gasteiger partial charge is 0.310 e. The van der Waals surface area contributed by atoms with Gasteiger partial charge < -0.3 is 15.0 Å². The van der Waals surface area contributed by atoms with Crippen LogP contribution in [0.5, 0.6) is 0 Å². The predicted molar refractivity (Wildman–Crippen MR) is 134 cm³/mol. The summed E-state index contributed by atoms with van der Waals surface area (Å²) in [5, 5.41) is 3.46. The summed E-state index contributed by atoms with van der Waals surface area (Å²) in [5.41, 5.74) is 0.920. The molecule has 1 saturated heterocycles. The lowest BCUT2D eigenvalue weighted by molar-refractivity contribution is -0.139. The number of aryl methyl sites for hydroxylation is 1. The molecule has 0 amide bonds. The molecule has 2 aliphatic heterocycles. The van der Waals surface area contributed by atoms with E-state index in [1.807, 2.05) is 4.90 Å². The lowest BCUT2D eigenvalue weighted by atomic mass is 9.96. The Bertz CT molecular complexity index is 1450. The van der Waals surface area contributed by atoms with Crippen molar-refractivity contribution in [3.8, 4) is 0 Å². The number of hydrogen-bond acceptors (Lipinski definition) is 10. The summed E-state index contributed by atoms with van der Waals surface area (Å²) in [7, 11) is -2.34. The molecule has 1 aromatic carbocycles. The molecule has 0 radical (unpaired) electrons. The molecule has 0 atom stereocenters. The van der Waals surface area contributed by atoms with E-state index < -0.39 is 21.6 Å². The number of esters is 1. The molecule has 2 aliphatic rings. The summed E-state index contributed by atoms with van der Waals surface area (Å²) in [6.45, 7) is 1.27. The van der Waals surface area contributed by atoms with Crippen LogP contribution in [0.25, 0.3) is 0 Å². The van der Waals surface area contributed by atoms with Crippen molar-refractivity contribution in [2.75, 3.05) is 36.2 Å². The number of sulfone groups is 1. The lowest BCUT2D eigenvalue weighted by Gasteiger charge is -2.31. The van der Waals surface area contributed by atoms with Crippen molar-refractivity contribution < 1.29 is 22.3 Å². The Morgan fingerprint density at radius 3 is 2.62 bits per heavy atom. The normalized spacial score (nSPS) is 16.9. The molecule has 0 saturated carbocycles. The maximum Gasteiger partial charge on any atom is 0.310 e. The molecule has 2 aromatic heterocycles. The fourth-order valence-electron chi connectivity index (χ4n) is 4.54. The molecular weight excluding hydrogens is 523 g/mol. The van der Waals surface area contributed by atoms with Gasteiger partial charge in [-0.3, -0.25) is 4.79 Å². The molecule has 3 aromatic rings. The average molecular weight is 547 g/mol. The van der Waals surface area contributed by atoms with Crippen LogP contribution in [-0.2, 0) is 32.2 Å². The maximum absolute atomic E-state index is 14.6. The number of aromatic nitrogens is 4. The molecule has 194 valence electrons. The highest BCUT2D eigenvalue weighted by molar-refractivity contribution is 7.91. The first-order valence-electron chi connectivity index (χ1n) is 11.7. The van der Waals surface area contributed by atoms with E-state index >= 15 is 0 Å². The van der Waals surface area contributed by atoms with Gasteiger partial charge in [0.25, 0.3) is 0 Å². The second-order valence-corrected chi connectivity index (χ2v) is 11.4. The number of nitrogens with one attached hydrogen (secondary N) is 1. The van der Waals surface area contributed by atoms with Crippen LogP contribution in [0.15, 0.2) is 35.5 Å². The highest BCUT2D eigenvalue weighted by atomic mass is 35.5. The van der Waals surface area contributed by atoms with Crippen molar-refractivity contribution in [2.45, 2.75) is 36.5 Å². The number of nitrogens with zero attached hydrogens (tertiary/aromatic N) is 5. The molecular formula is C24H24ClFN6O4S. The second-order valence-electron chi connectivity index (χ2n) is 8.92. The third-order valence-electron chi connectivity index (χ3n) is 6.50. The molecule has 0 aliphatic carbocycles. The number of fused-ring (bicyclic) bond motifs is 1. The van der Waals surface area contributed by atoms with Crippen LogP contribution < -0.4 is 10.2 Å². The van der Waals surface area contributed by atoms with Gasteiger partial charge in [0.1, 0.15) is 16.5 Å². The Morgan fingerprint density at radius 2 is 1.95 bits per heavy atom. The van der Waals surface area contributed by atoms with E-state index in [0.717, 1.165) is 18.7 Å². The number of piperidine rings is 1. The largest absolute Gasteiger partial charge is 0.469 e. The van der Waals surface area contributed by atoms with Gasteiger partial charge in [0.05, 0.1) is 30.0 Å². The molecule has 1 N–H and O–H groups in total. The minimum absolute atomic E-state index is 0.0414. The van der Waals surface area contributed by atoms with Gasteiger partial charge >= 0.3 is 5.97 Å². The summed E-state index contributed by atoms with van der Waals surface area (Å²) in [6.07, 6.45) is 4.79. The lowest BCUT2D eigenvalue weighted by Crippen LogP contribution is -2.35. The minimum Gasteiger partial charge on any atom is -0.469 e. The highest BCUT2D eigenvalue weighted by Crippen LogP contribution is 2.35.